The van der Waals surface area contributed by atoms with Gasteiger partial charge in [-0.15, -0.1) is 0 Å². The highest BCUT2D eigenvalue weighted by Crippen LogP contribution is 2.37. The van der Waals surface area contributed by atoms with E-state index in [9.17, 15) is 0 Å². The van der Waals surface area contributed by atoms with Gasteiger partial charge in [0.15, 0.2) is 0 Å². The number of hydrogen-bond acceptors (Lipinski definition) is 2. The van der Waals surface area contributed by atoms with Crippen molar-refractivity contribution in [3.8, 4) is 0 Å². The van der Waals surface area contributed by atoms with E-state index in [1.54, 1.807) is 0 Å². The summed E-state index contributed by atoms with van der Waals surface area (Å²) < 4.78 is 6.35. The van der Waals surface area contributed by atoms with Crippen LogP contribution in [0.1, 0.15) is 65.7 Å². The van der Waals surface area contributed by atoms with Crippen LogP contribution in [0.3, 0.4) is 0 Å². The zero-order chi connectivity index (χ0) is 12.3. The summed E-state index contributed by atoms with van der Waals surface area (Å²) in [7, 11) is 0. The van der Waals surface area contributed by atoms with E-state index in [2.05, 4.69) is 26.1 Å². The van der Waals surface area contributed by atoms with Crippen LogP contribution < -0.4 is 5.32 Å². The maximum absolute atomic E-state index is 6.35. The first-order valence-electron chi connectivity index (χ1n) is 7.49. The second-order valence-electron chi connectivity index (χ2n) is 6.63. The number of hydrogen-bond donors (Lipinski definition) is 1. The average Bonchev–Trinajstić information content (AvgIpc) is 2.70. The molecule has 0 heterocycles. The Hall–Kier alpha value is -0.0800. The fourth-order valence-electron chi connectivity index (χ4n) is 3.34. The number of rotatable bonds is 4. The monoisotopic (exact) mass is 239 g/mol. The van der Waals surface area contributed by atoms with Crippen LogP contribution in [0.15, 0.2) is 0 Å². The van der Waals surface area contributed by atoms with Gasteiger partial charge in [0, 0.05) is 6.04 Å². The van der Waals surface area contributed by atoms with Crippen molar-refractivity contribution in [2.75, 3.05) is 6.54 Å². The summed E-state index contributed by atoms with van der Waals surface area (Å²) in [5.41, 5.74) is 0.552. The molecule has 2 fully saturated rings. The second-order valence-corrected chi connectivity index (χ2v) is 6.63. The van der Waals surface area contributed by atoms with E-state index in [4.69, 9.17) is 4.74 Å². The standard InChI is InChI=1S/C15H29NO/c1-4-16-13-6-5-7-14(13)17-12-8-10-15(2,3)11-9-12/h12-14,16H,4-11H2,1-3H3. The Morgan fingerprint density at radius 1 is 1.12 bits per heavy atom. The fraction of sp³-hybridized carbons (Fsp3) is 1.00. The third kappa shape index (κ3) is 3.69. The zero-order valence-corrected chi connectivity index (χ0v) is 11.8. The predicted molar refractivity (Wildman–Crippen MR) is 72.2 cm³/mol. The minimum atomic E-state index is 0.487. The van der Waals surface area contributed by atoms with Crippen LogP contribution in [0.2, 0.25) is 0 Å². The average molecular weight is 239 g/mol. The summed E-state index contributed by atoms with van der Waals surface area (Å²) in [5, 5.41) is 3.58. The first kappa shape index (κ1) is 13.4. The van der Waals surface area contributed by atoms with Crippen molar-refractivity contribution in [1.29, 1.82) is 0 Å². The van der Waals surface area contributed by atoms with Gasteiger partial charge < -0.3 is 10.1 Å². The highest BCUT2D eigenvalue weighted by Gasteiger charge is 2.33. The molecule has 100 valence electrons. The third-order valence-electron chi connectivity index (χ3n) is 4.57. The van der Waals surface area contributed by atoms with E-state index in [0.717, 1.165) is 6.54 Å². The van der Waals surface area contributed by atoms with Crippen LogP contribution in [-0.2, 0) is 4.74 Å². The Morgan fingerprint density at radius 2 is 1.82 bits per heavy atom. The first-order valence-corrected chi connectivity index (χ1v) is 7.49. The normalized spacial score (nSPS) is 34.1. The summed E-state index contributed by atoms with van der Waals surface area (Å²) in [6.45, 7) is 8.04. The Labute approximate surface area is 107 Å². The molecule has 2 nitrogen and oxygen atoms in total. The summed E-state index contributed by atoms with van der Waals surface area (Å²) in [5.74, 6) is 0. The summed E-state index contributed by atoms with van der Waals surface area (Å²) in [6, 6.07) is 0.620. The minimum Gasteiger partial charge on any atom is -0.373 e. The van der Waals surface area contributed by atoms with Crippen molar-refractivity contribution in [2.24, 2.45) is 5.41 Å². The molecule has 0 aromatic carbocycles. The Bertz CT molecular complexity index is 229. The molecule has 0 radical (unpaired) electrons. The van der Waals surface area contributed by atoms with Crippen molar-refractivity contribution < 1.29 is 4.74 Å². The van der Waals surface area contributed by atoms with Crippen molar-refractivity contribution in [2.45, 2.75) is 84.0 Å². The summed E-state index contributed by atoms with van der Waals surface area (Å²) in [6.07, 6.45) is 10.1. The SMILES string of the molecule is CCNC1CCCC1OC1CCC(C)(C)CC1. The van der Waals surface area contributed by atoms with Gasteiger partial charge in [-0.2, -0.15) is 0 Å². The molecule has 2 rings (SSSR count). The van der Waals surface area contributed by atoms with Gasteiger partial charge in [-0.05, 0) is 56.9 Å². The Kier molecular flexibility index (Phi) is 4.48. The molecule has 2 atom stereocenters. The maximum Gasteiger partial charge on any atom is 0.0731 e. The lowest BCUT2D eigenvalue weighted by Gasteiger charge is -2.36. The molecule has 2 heteroatoms. The molecule has 0 aromatic heterocycles. The van der Waals surface area contributed by atoms with E-state index in [0.29, 0.717) is 23.7 Å². The van der Waals surface area contributed by atoms with Crippen LogP contribution in [0, 0.1) is 5.41 Å². The Morgan fingerprint density at radius 3 is 2.47 bits per heavy atom. The van der Waals surface area contributed by atoms with Crippen LogP contribution in [0.5, 0.6) is 0 Å². The van der Waals surface area contributed by atoms with Gasteiger partial charge in [-0.25, -0.2) is 0 Å². The minimum absolute atomic E-state index is 0.487. The van der Waals surface area contributed by atoms with Crippen LogP contribution in [0.4, 0.5) is 0 Å². The highest BCUT2D eigenvalue weighted by atomic mass is 16.5. The van der Waals surface area contributed by atoms with Crippen molar-refractivity contribution in [3.05, 3.63) is 0 Å². The van der Waals surface area contributed by atoms with Crippen molar-refractivity contribution >= 4 is 0 Å². The molecular formula is C15H29NO. The molecule has 1 N–H and O–H groups in total. The molecule has 0 amide bonds. The van der Waals surface area contributed by atoms with E-state index in [1.165, 1.54) is 44.9 Å². The molecule has 2 unspecified atom stereocenters. The molecule has 17 heavy (non-hydrogen) atoms. The smallest absolute Gasteiger partial charge is 0.0731 e. The fourth-order valence-corrected chi connectivity index (χ4v) is 3.34. The number of nitrogens with one attached hydrogen (secondary N) is 1. The molecule has 0 aromatic rings. The van der Waals surface area contributed by atoms with Crippen LogP contribution >= 0.6 is 0 Å². The second kappa shape index (κ2) is 5.71. The lowest BCUT2D eigenvalue weighted by Crippen LogP contribution is -2.40. The quantitative estimate of drug-likeness (QED) is 0.810. The maximum atomic E-state index is 6.35. The zero-order valence-electron chi connectivity index (χ0n) is 11.8. The lowest BCUT2D eigenvalue weighted by atomic mass is 9.76. The van der Waals surface area contributed by atoms with Crippen LogP contribution in [0.25, 0.3) is 0 Å². The molecule has 0 aliphatic heterocycles. The van der Waals surface area contributed by atoms with E-state index >= 15 is 0 Å². The third-order valence-corrected chi connectivity index (χ3v) is 4.57. The van der Waals surface area contributed by atoms with E-state index < -0.39 is 0 Å². The van der Waals surface area contributed by atoms with Gasteiger partial charge in [-0.3, -0.25) is 0 Å². The first-order chi connectivity index (χ1) is 8.11. The van der Waals surface area contributed by atoms with E-state index in [1.807, 2.05) is 0 Å². The van der Waals surface area contributed by atoms with Gasteiger partial charge >= 0.3 is 0 Å². The molecule has 0 spiro atoms. The van der Waals surface area contributed by atoms with Gasteiger partial charge in [0.05, 0.1) is 12.2 Å². The van der Waals surface area contributed by atoms with Gasteiger partial charge in [0.25, 0.3) is 0 Å². The lowest BCUT2D eigenvalue weighted by molar-refractivity contribution is -0.0515. The Balaban J connectivity index is 1.77. The van der Waals surface area contributed by atoms with E-state index in [-0.39, 0.29) is 0 Å². The molecule has 2 aliphatic carbocycles. The van der Waals surface area contributed by atoms with Gasteiger partial charge in [0.1, 0.15) is 0 Å². The van der Waals surface area contributed by atoms with Crippen molar-refractivity contribution in [3.63, 3.8) is 0 Å². The highest BCUT2D eigenvalue weighted by molar-refractivity contribution is 4.86. The molecule has 2 saturated carbocycles. The topological polar surface area (TPSA) is 21.3 Å². The predicted octanol–water partition coefficient (Wildman–Crippen LogP) is 3.50. The number of likely N-dealkylation sites (N-methyl/N-ethyl adjacent to an activating group) is 1. The largest absolute Gasteiger partial charge is 0.373 e. The van der Waals surface area contributed by atoms with Crippen LogP contribution in [-0.4, -0.2) is 24.8 Å². The van der Waals surface area contributed by atoms with Gasteiger partial charge in [0.2, 0.25) is 0 Å². The summed E-state index contributed by atoms with van der Waals surface area (Å²) in [4.78, 5) is 0. The molecule has 0 saturated heterocycles. The van der Waals surface area contributed by atoms with Gasteiger partial charge in [-0.1, -0.05) is 20.8 Å². The summed E-state index contributed by atoms with van der Waals surface area (Å²) >= 11 is 0. The number of ether oxygens (including phenoxy) is 1. The van der Waals surface area contributed by atoms with Crippen molar-refractivity contribution in [1.82, 2.24) is 5.32 Å². The molecule has 0 bridgehead atoms. The molecular weight excluding hydrogens is 210 g/mol. The molecule has 2 aliphatic rings.